The van der Waals surface area contributed by atoms with Gasteiger partial charge < -0.3 is 0 Å². The topological polar surface area (TPSA) is 74.5 Å². The lowest BCUT2D eigenvalue weighted by molar-refractivity contribution is 1.37. The predicted molar refractivity (Wildman–Crippen MR) is 65.9 cm³/mol. The van der Waals surface area contributed by atoms with Gasteiger partial charge in [-0.3, -0.25) is 0 Å². The molecule has 0 spiro atoms. The molecule has 0 aliphatic rings. The molecule has 0 saturated carbocycles. The minimum atomic E-state index is 0.503. The van der Waals surface area contributed by atoms with E-state index in [9.17, 15) is 0 Å². The molecule has 0 unspecified atom stereocenters. The Kier molecular flexibility index (Phi) is 2.10. The second-order valence-electron chi connectivity index (χ2n) is 3.55. The van der Waals surface area contributed by atoms with Gasteiger partial charge in [0.15, 0.2) is 0 Å². The Morgan fingerprint density at radius 1 is 0.882 bits per heavy atom. The highest BCUT2D eigenvalue weighted by Gasteiger charge is 2.03. The molecule has 0 radical (unpaired) electrons. The number of hydrogen-bond donors (Lipinski definition) is 0. The SMILES string of the molecule is [N-]=[N+]=Nc1cccc2nc3ccccc3nc12. The molecular weight excluding hydrogens is 214 g/mol. The summed E-state index contributed by atoms with van der Waals surface area (Å²) in [5.74, 6) is 0. The van der Waals surface area contributed by atoms with Crippen molar-refractivity contribution in [3.63, 3.8) is 0 Å². The maximum atomic E-state index is 8.50. The van der Waals surface area contributed by atoms with Crippen LogP contribution < -0.4 is 0 Å². The van der Waals surface area contributed by atoms with Gasteiger partial charge in [-0.05, 0) is 23.7 Å². The molecule has 3 aromatic rings. The highest BCUT2D eigenvalue weighted by atomic mass is 15.1. The molecule has 1 aromatic heterocycles. The van der Waals surface area contributed by atoms with E-state index in [-0.39, 0.29) is 0 Å². The Hall–Kier alpha value is -2.65. The molecule has 0 bridgehead atoms. The molecule has 17 heavy (non-hydrogen) atoms. The third-order valence-electron chi connectivity index (χ3n) is 2.50. The number of azide groups is 1. The van der Waals surface area contributed by atoms with Crippen LogP contribution in [0.4, 0.5) is 5.69 Å². The van der Waals surface area contributed by atoms with E-state index in [2.05, 4.69) is 20.0 Å². The van der Waals surface area contributed by atoms with E-state index in [1.165, 1.54) is 0 Å². The summed E-state index contributed by atoms with van der Waals surface area (Å²) < 4.78 is 0. The van der Waals surface area contributed by atoms with Gasteiger partial charge in [0, 0.05) is 4.91 Å². The minimum absolute atomic E-state index is 0.503. The van der Waals surface area contributed by atoms with E-state index >= 15 is 0 Å². The monoisotopic (exact) mass is 221 g/mol. The van der Waals surface area contributed by atoms with Crippen molar-refractivity contribution in [2.24, 2.45) is 5.11 Å². The summed E-state index contributed by atoms with van der Waals surface area (Å²) in [6.07, 6.45) is 0. The summed E-state index contributed by atoms with van der Waals surface area (Å²) in [6, 6.07) is 13.0. The van der Waals surface area contributed by atoms with Crippen molar-refractivity contribution in [1.29, 1.82) is 0 Å². The van der Waals surface area contributed by atoms with E-state index in [1.807, 2.05) is 30.3 Å². The number of nitrogens with zero attached hydrogens (tertiary/aromatic N) is 5. The van der Waals surface area contributed by atoms with Gasteiger partial charge in [0.25, 0.3) is 0 Å². The lowest BCUT2D eigenvalue weighted by Crippen LogP contribution is -1.86. The lowest BCUT2D eigenvalue weighted by atomic mass is 10.2. The fourth-order valence-corrected chi connectivity index (χ4v) is 1.76. The first-order valence-corrected chi connectivity index (χ1v) is 5.09. The average Bonchev–Trinajstić information content (AvgIpc) is 2.37. The molecule has 0 aliphatic heterocycles. The third kappa shape index (κ3) is 1.55. The number of aromatic nitrogens is 2. The number of rotatable bonds is 1. The van der Waals surface area contributed by atoms with Gasteiger partial charge in [-0.15, -0.1) is 0 Å². The van der Waals surface area contributed by atoms with Gasteiger partial charge in [0.05, 0.1) is 27.8 Å². The summed E-state index contributed by atoms with van der Waals surface area (Å²) in [4.78, 5) is 11.7. The van der Waals surface area contributed by atoms with Crippen LogP contribution in [0.25, 0.3) is 32.5 Å². The molecule has 1 heterocycles. The van der Waals surface area contributed by atoms with E-state index < -0.39 is 0 Å². The fraction of sp³-hybridized carbons (Fsp3) is 0. The molecule has 0 amide bonds. The molecule has 0 saturated heterocycles. The summed E-state index contributed by atoms with van der Waals surface area (Å²) in [6.45, 7) is 0. The zero-order chi connectivity index (χ0) is 11.7. The Morgan fingerprint density at radius 3 is 2.35 bits per heavy atom. The first-order valence-electron chi connectivity index (χ1n) is 5.09. The highest BCUT2D eigenvalue weighted by Crippen LogP contribution is 2.25. The molecule has 0 N–H and O–H groups in total. The van der Waals surface area contributed by atoms with E-state index in [1.54, 1.807) is 12.1 Å². The molecule has 0 atom stereocenters. The normalized spacial score (nSPS) is 10.4. The molecule has 0 fully saturated rings. The molecule has 2 aromatic carbocycles. The fourth-order valence-electron chi connectivity index (χ4n) is 1.76. The summed E-state index contributed by atoms with van der Waals surface area (Å²) in [5.41, 5.74) is 12.0. The van der Waals surface area contributed by atoms with Crippen LogP contribution in [-0.4, -0.2) is 9.97 Å². The van der Waals surface area contributed by atoms with Crippen molar-refractivity contribution >= 4 is 27.8 Å². The van der Waals surface area contributed by atoms with Gasteiger partial charge in [-0.2, -0.15) is 0 Å². The summed E-state index contributed by atoms with van der Waals surface area (Å²) in [5, 5.41) is 3.62. The van der Waals surface area contributed by atoms with Gasteiger partial charge in [0.1, 0.15) is 0 Å². The van der Waals surface area contributed by atoms with Gasteiger partial charge >= 0.3 is 0 Å². The lowest BCUT2D eigenvalue weighted by Gasteiger charge is -2.02. The van der Waals surface area contributed by atoms with Crippen molar-refractivity contribution in [3.05, 3.63) is 52.9 Å². The van der Waals surface area contributed by atoms with Gasteiger partial charge in [0.2, 0.25) is 0 Å². The largest absolute Gasteiger partial charge is 0.244 e. The number of para-hydroxylation sites is 3. The first-order chi connectivity index (χ1) is 8.38. The van der Waals surface area contributed by atoms with Crippen molar-refractivity contribution in [3.8, 4) is 0 Å². The molecule has 80 valence electrons. The maximum Gasteiger partial charge on any atom is 0.0990 e. The van der Waals surface area contributed by atoms with Crippen LogP contribution in [0.5, 0.6) is 0 Å². The van der Waals surface area contributed by atoms with Crippen LogP contribution in [-0.2, 0) is 0 Å². The quantitative estimate of drug-likeness (QED) is 0.272. The zero-order valence-corrected chi connectivity index (χ0v) is 8.78. The van der Waals surface area contributed by atoms with Crippen LogP contribution in [0.3, 0.4) is 0 Å². The second-order valence-corrected chi connectivity index (χ2v) is 3.55. The van der Waals surface area contributed by atoms with Crippen molar-refractivity contribution in [1.82, 2.24) is 9.97 Å². The highest BCUT2D eigenvalue weighted by molar-refractivity contribution is 5.92. The van der Waals surface area contributed by atoms with Crippen LogP contribution >= 0.6 is 0 Å². The van der Waals surface area contributed by atoms with E-state index in [4.69, 9.17) is 5.53 Å². The van der Waals surface area contributed by atoms with Crippen LogP contribution in [0.15, 0.2) is 47.6 Å². The van der Waals surface area contributed by atoms with Crippen LogP contribution in [0, 0.1) is 0 Å². The van der Waals surface area contributed by atoms with Crippen LogP contribution in [0.2, 0.25) is 0 Å². The predicted octanol–water partition coefficient (Wildman–Crippen LogP) is 3.72. The van der Waals surface area contributed by atoms with Crippen LogP contribution in [0.1, 0.15) is 0 Å². The first kappa shape index (κ1) is 9.57. The van der Waals surface area contributed by atoms with Gasteiger partial charge in [-0.25, -0.2) is 9.97 Å². The molecule has 3 rings (SSSR count). The third-order valence-corrected chi connectivity index (χ3v) is 2.50. The standard InChI is InChI=1S/C12H7N5/c13-17-16-11-7-3-6-10-12(11)15-9-5-2-1-4-8(9)14-10/h1-7H. The second kappa shape index (κ2) is 3.73. The molecule has 5 nitrogen and oxygen atoms in total. The number of hydrogen-bond acceptors (Lipinski definition) is 3. The average molecular weight is 221 g/mol. The molecular formula is C12H7N5. The Morgan fingerprint density at radius 2 is 1.59 bits per heavy atom. The van der Waals surface area contributed by atoms with Crippen molar-refractivity contribution < 1.29 is 0 Å². The zero-order valence-electron chi connectivity index (χ0n) is 8.78. The summed E-state index contributed by atoms with van der Waals surface area (Å²) >= 11 is 0. The number of benzene rings is 2. The van der Waals surface area contributed by atoms with E-state index in [0.717, 1.165) is 16.6 Å². The van der Waals surface area contributed by atoms with E-state index in [0.29, 0.717) is 11.2 Å². The molecule has 0 aliphatic carbocycles. The summed E-state index contributed by atoms with van der Waals surface area (Å²) in [7, 11) is 0. The molecule has 5 heteroatoms. The minimum Gasteiger partial charge on any atom is -0.244 e. The smallest absolute Gasteiger partial charge is 0.0990 e. The van der Waals surface area contributed by atoms with Crippen molar-refractivity contribution in [2.75, 3.05) is 0 Å². The van der Waals surface area contributed by atoms with Crippen molar-refractivity contribution in [2.45, 2.75) is 0 Å². The number of fused-ring (bicyclic) bond motifs is 2. The van der Waals surface area contributed by atoms with Gasteiger partial charge in [-0.1, -0.05) is 29.4 Å². The Balaban J connectivity index is 2.47. The maximum absolute atomic E-state index is 8.50. The Labute approximate surface area is 96.4 Å². The Bertz CT molecular complexity index is 759.